The number of alkyl halides is 1. The van der Waals surface area contributed by atoms with Crippen LogP contribution in [0.2, 0.25) is 0 Å². The number of tetrazole rings is 1. The van der Waals surface area contributed by atoms with Crippen molar-refractivity contribution in [1.29, 1.82) is 0 Å². The molecule has 11 nitrogen and oxygen atoms in total. The maximum Gasteiger partial charge on any atom is 0.339 e. The van der Waals surface area contributed by atoms with Gasteiger partial charge in [-0.25, -0.2) is 9.78 Å². The van der Waals surface area contributed by atoms with Gasteiger partial charge in [-0.3, -0.25) is 9.59 Å². The van der Waals surface area contributed by atoms with Gasteiger partial charge in [-0.1, -0.05) is 59.0 Å². The van der Waals surface area contributed by atoms with Gasteiger partial charge in [-0.2, -0.15) is 4.68 Å². The minimum absolute atomic E-state index is 0.234. The van der Waals surface area contributed by atoms with Crippen molar-refractivity contribution in [2.24, 2.45) is 0 Å². The molecule has 0 spiro atoms. The van der Waals surface area contributed by atoms with Crippen molar-refractivity contribution in [2.75, 3.05) is 12.4 Å². The Labute approximate surface area is 237 Å². The summed E-state index contributed by atoms with van der Waals surface area (Å²) in [6, 6.07) is 17.2. The number of esters is 1. The minimum Gasteiger partial charge on any atom is -0.465 e. The molecule has 1 atom stereocenters. The lowest BCUT2D eigenvalue weighted by atomic mass is 10.0. The van der Waals surface area contributed by atoms with E-state index in [1.807, 2.05) is 48.5 Å². The number of nitrogens with one attached hydrogen (secondary N) is 2. The zero-order valence-electron chi connectivity index (χ0n) is 20.8. The van der Waals surface area contributed by atoms with Crippen LogP contribution >= 0.6 is 22.6 Å². The zero-order valence-corrected chi connectivity index (χ0v) is 23.0. The molecule has 2 aromatic heterocycles. The Bertz CT molecular complexity index is 1460. The number of ether oxygens (including phenoxy) is 1. The van der Waals surface area contributed by atoms with Gasteiger partial charge in [0.2, 0.25) is 11.8 Å². The number of amides is 2. The molecule has 2 heterocycles. The number of benzene rings is 2. The van der Waals surface area contributed by atoms with Gasteiger partial charge in [0.05, 0.1) is 18.4 Å². The van der Waals surface area contributed by atoms with Crippen LogP contribution in [-0.4, -0.2) is 56.1 Å². The van der Waals surface area contributed by atoms with Crippen LogP contribution < -0.4 is 10.6 Å². The number of rotatable bonds is 10. The number of aromatic nitrogens is 5. The molecule has 2 N–H and O–H groups in total. The molecule has 0 bridgehead atoms. The molecule has 0 saturated carbocycles. The Balaban J connectivity index is 1.52. The van der Waals surface area contributed by atoms with Crippen molar-refractivity contribution >= 4 is 52.3 Å². The molecule has 39 heavy (non-hydrogen) atoms. The Morgan fingerprint density at radius 3 is 2.56 bits per heavy atom. The predicted octanol–water partition coefficient (Wildman–Crippen LogP) is 3.16. The van der Waals surface area contributed by atoms with Crippen molar-refractivity contribution in [3.05, 3.63) is 102 Å². The molecule has 4 aromatic rings. The molecule has 2 amide bonds. The molecule has 0 saturated heterocycles. The lowest BCUT2D eigenvalue weighted by Crippen LogP contribution is -2.44. The van der Waals surface area contributed by atoms with E-state index in [1.54, 1.807) is 6.08 Å². The highest BCUT2D eigenvalue weighted by Crippen LogP contribution is 2.19. The van der Waals surface area contributed by atoms with Crippen LogP contribution in [0.4, 0.5) is 5.82 Å². The third kappa shape index (κ3) is 7.54. The molecule has 12 heteroatoms. The SMILES string of the molecule is COC(=O)c1ccc(NC(=O)[C@H](Cc2ccccc2)NC(=O)/C=C/c2cc(CI)ccc2-n2cnnn2)nc1. The average molecular weight is 637 g/mol. The second-order valence-electron chi connectivity index (χ2n) is 8.28. The van der Waals surface area contributed by atoms with E-state index in [9.17, 15) is 14.4 Å². The van der Waals surface area contributed by atoms with E-state index in [4.69, 9.17) is 0 Å². The summed E-state index contributed by atoms with van der Waals surface area (Å²) in [5.41, 5.74) is 3.64. The molecular formula is C27H24IN7O4. The molecular weight excluding hydrogens is 613 g/mol. The number of carbonyl (C=O) groups excluding carboxylic acids is 3. The second-order valence-corrected chi connectivity index (χ2v) is 9.04. The first-order chi connectivity index (χ1) is 19.0. The van der Waals surface area contributed by atoms with Crippen LogP contribution in [0, 0.1) is 0 Å². The molecule has 0 unspecified atom stereocenters. The van der Waals surface area contributed by atoms with Crippen molar-refractivity contribution in [3.8, 4) is 5.69 Å². The average Bonchev–Trinajstić information content (AvgIpc) is 3.51. The van der Waals surface area contributed by atoms with Crippen LogP contribution in [0.3, 0.4) is 0 Å². The number of hydrogen-bond acceptors (Lipinski definition) is 8. The highest BCUT2D eigenvalue weighted by atomic mass is 127. The fourth-order valence-corrected chi connectivity index (χ4v) is 4.14. The van der Waals surface area contributed by atoms with Gasteiger partial charge in [0.1, 0.15) is 18.2 Å². The highest BCUT2D eigenvalue weighted by molar-refractivity contribution is 14.1. The van der Waals surface area contributed by atoms with Crippen molar-refractivity contribution in [3.63, 3.8) is 0 Å². The number of methoxy groups -OCH3 is 1. The van der Waals surface area contributed by atoms with Gasteiger partial charge < -0.3 is 15.4 Å². The van der Waals surface area contributed by atoms with E-state index < -0.39 is 23.8 Å². The number of nitrogens with zero attached hydrogens (tertiary/aromatic N) is 5. The van der Waals surface area contributed by atoms with E-state index in [0.29, 0.717) is 5.69 Å². The quantitative estimate of drug-likeness (QED) is 0.117. The van der Waals surface area contributed by atoms with Gasteiger partial charge in [0.25, 0.3) is 0 Å². The summed E-state index contributed by atoms with van der Waals surface area (Å²) in [5, 5.41) is 16.8. The summed E-state index contributed by atoms with van der Waals surface area (Å²) in [7, 11) is 1.27. The lowest BCUT2D eigenvalue weighted by molar-refractivity contribution is -0.123. The van der Waals surface area contributed by atoms with E-state index in [1.165, 1.54) is 42.5 Å². The van der Waals surface area contributed by atoms with Crippen LogP contribution in [0.25, 0.3) is 11.8 Å². The van der Waals surface area contributed by atoms with Gasteiger partial charge >= 0.3 is 5.97 Å². The zero-order chi connectivity index (χ0) is 27.6. The molecule has 4 rings (SSSR count). The molecule has 198 valence electrons. The molecule has 0 aliphatic rings. The molecule has 0 fully saturated rings. The van der Waals surface area contributed by atoms with E-state index in [0.717, 1.165) is 21.1 Å². The summed E-state index contributed by atoms with van der Waals surface area (Å²) >= 11 is 2.26. The number of pyridine rings is 1. The Kier molecular flexibility index (Phi) is 9.45. The fraction of sp³-hybridized carbons (Fsp3) is 0.148. The standard InChI is InChI=1S/C27H24IN7O4/c1-39-27(38)21-8-11-24(29-16-21)32-26(37)22(14-18-5-3-2-4-6-18)31-25(36)12-9-20-13-19(15-28)7-10-23(20)35-17-30-33-34-35/h2-13,16-17,22H,14-15H2,1H3,(H,31,36)(H,29,32,37)/b12-9+/t22-/m0/s1. The van der Waals surface area contributed by atoms with Crippen LogP contribution in [0.15, 0.2) is 79.3 Å². The van der Waals surface area contributed by atoms with Crippen LogP contribution in [0.1, 0.15) is 27.0 Å². The normalized spacial score (nSPS) is 11.6. The largest absolute Gasteiger partial charge is 0.465 e. The Hall–Kier alpha value is -4.46. The summed E-state index contributed by atoms with van der Waals surface area (Å²) in [6.45, 7) is 0. The Morgan fingerprint density at radius 1 is 1.08 bits per heavy atom. The number of hydrogen-bond donors (Lipinski definition) is 2. The van der Waals surface area contributed by atoms with E-state index in [-0.39, 0.29) is 17.8 Å². The van der Waals surface area contributed by atoms with Crippen molar-refractivity contribution in [2.45, 2.75) is 16.9 Å². The lowest BCUT2D eigenvalue weighted by Gasteiger charge is -2.18. The summed E-state index contributed by atoms with van der Waals surface area (Å²) in [5.74, 6) is -1.21. The highest BCUT2D eigenvalue weighted by Gasteiger charge is 2.21. The van der Waals surface area contributed by atoms with Crippen molar-refractivity contribution < 1.29 is 19.1 Å². The van der Waals surface area contributed by atoms with Crippen molar-refractivity contribution in [1.82, 2.24) is 30.5 Å². The van der Waals surface area contributed by atoms with Gasteiger partial charge in [-0.15, -0.1) is 5.10 Å². The molecule has 0 aliphatic carbocycles. The summed E-state index contributed by atoms with van der Waals surface area (Å²) in [6.07, 6.45) is 6.07. The number of anilines is 1. The smallest absolute Gasteiger partial charge is 0.339 e. The topological polar surface area (TPSA) is 141 Å². The van der Waals surface area contributed by atoms with Gasteiger partial charge in [-0.05, 0) is 51.9 Å². The summed E-state index contributed by atoms with van der Waals surface area (Å²) < 4.78 is 6.97. The second kappa shape index (κ2) is 13.4. The molecule has 0 aliphatic heterocycles. The first kappa shape index (κ1) is 27.6. The maximum atomic E-state index is 13.2. The van der Waals surface area contributed by atoms with Gasteiger partial charge in [0.15, 0.2) is 0 Å². The first-order valence-electron chi connectivity index (χ1n) is 11.8. The fourth-order valence-electron chi connectivity index (χ4n) is 3.67. The number of carbonyl (C=O) groups is 3. The number of halogens is 1. The predicted molar refractivity (Wildman–Crippen MR) is 152 cm³/mol. The van der Waals surface area contributed by atoms with Crippen LogP contribution in [-0.2, 0) is 25.2 Å². The molecule has 2 aromatic carbocycles. The summed E-state index contributed by atoms with van der Waals surface area (Å²) in [4.78, 5) is 41.9. The third-order valence-electron chi connectivity index (χ3n) is 5.61. The third-order valence-corrected chi connectivity index (χ3v) is 6.49. The monoisotopic (exact) mass is 637 g/mol. The maximum absolute atomic E-state index is 13.2. The van der Waals surface area contributed by atoms with E-state index in [2.05, 4.69) is 58.5 Å². The Morgan fingerprint density at radius 2 is 1.90 bits per heavy atom. The first-order valence-corrected chi connectivity index (χ1v) is 13.3. The van der Waals surface area contributed by atoms with Gasteiger partial charge in [0, 0.05) is 28.7 Å². The minimum atomic E-state index is -0.897. The van der Waals surface area contributed by atoms with Crippen LogP contribution in [0.5, 0.6) is 0 Å². The molecule has 0 radical (unpaired) electrons. The van der Waals surface area contributed by atoms with E-state index >= 15 is 0 Å².